The molecule has 3 aromatic rings. The number of carbonyl (C=O) groups excluding carboxylic acids is 1. The summed E-state index contributed by atoms with van der Waals surface area (Å²) in [5, 5.41) is 17.0. The Morgan fingerprint density at radius 1 is 1.19 bits per heavy atom. The Balaban J connectivity index is 1.26. The number of aromatic nitrogens is 4. The second-order valence-corrected chi connectivity index (χ2v) is 10.8. The molecule has 0 aliphatic carbocycles. The number of benzene rings is 1. The Hall–Kier alpha value is -2.32. The lowest BCUT2D eigenvalue weighted by molar-refractivity contribution is -0.118. The van der Waals surface area contributed by atoms with Crippen molar-refractivity contribution in [2.75, 3.05) is 32.1 Å². The normalized spacial score (nSPS) is 15.0. The van der Waals surface area contributed by atoms with Gasteiger partial charge in [-0.25, -0.2) is 13.1 Å². The molecule has 13 heteroatoms. The Kier molecular flexibility index (Phi) is 7.52. The quantitative estimate of drug-likeness (QED) is 0.441. The second-order valence-electron chi connectivity index (χ2n) is 6.92. The highest BCUT2D eigenvalue weighted by Gasteiger charge is 2.26. The first-order valence-electron chi connectivity index (χ1n) is 9.87. The molecule has 0 saturated carbocycles. The van der Waals surface area contributed by atoms with Gasteiger partial charge in [-0.1, -0.05) is 30.0 Å². The molecular formula is C19H22N6O4S3. The lowest BCUT2D eigenvalue weighted by Crippen LogP contribution is -2.40. The zero-order valence-corrected chi connectivity index (χ0v) is 19.5. The Morgan fingerprint density at radius 2 is 1.97 bits per heavy atom. The van der Waals surface area contributed by atoms with Gasteiger partial charge in [-0.2, -0.15) is 4.31 Å². The molecular weight excluding hydrogens is 472 g/mol. The van der Waals surface area contributed by atoms with Crippen molar-refractivity contribution in [2.24, 2.45) is 0 Å². The third-order valence-electron chi connectivity index (χ3n) is 4.74. The second kappa shape index (κ2) is 10.5. The summed E-state index contributed by atoms with van der Waals surface area (Å²) >= 11 is 2.88. The number of carbonyl (C=O) groups is 1. The van der Waals surface area contributed by atoms with Gasteiger partial charge in [-0.05, 0) is 39.6 Å². The highest BCUT2D eigenvalue weighted by Crippen LogP contribution is 2.19. The van der Waals surface area contributed by atoms with E-state index in [1.807, 2.05) is 17.5 Å². The van der Waals surface area contributed by atoms with Crippen molar-refractivity contribution < 1.29 is 17.9 Å². The zero-order valence-electron chi connectivity index (χ0n) is 17.1. The van der Waals surface area contributed by atoms with E-state index >= 15 is 0 Å². The van der Waals surface area contributed by atoms with E-state index in [4.69, 9.17) is 4.74 Å². The fourth-order valence-electron chi connectivity index (χ4n) is 3.05. The van der Waals surface area contributed by atoms with E-state index < -0.39 is 10.0 Å². The van der Waals surface area contributed by atoms with Crippen LogP contribution in [0.25, 0.3) is 0 Å². The number of ether oxygens (including phenoxy) is 1. The van der Waals surface area contributed by atoms with Gasteiger partial charge in [0, 0.05) is 24.5 Å². The number of nitrogens with one attached hydrogen (secondary N) is 1. The molecule has 4 rings (SSSR count). The lowest BCUT2D eigenvalue weighted by Gasteiger charge is -2.26. The Labute approximate surface area is 194 Å². The summed E-state index contributed by atoms with van der Waals surface area (Å²) in [7, 11) is -3.52. The highest BCUT2D eigenvalue weighted by atomic mass is 32.2. The number of sulfonamides is 1. The largest absolute Gasteiger partial charge is 0.379 e. The molecule has 0 radical (unpaired) electrons. The van der Waals surface area contributed by atoms with Gasteiger partial charge in [-0.3, -0.25) is 4.79 Å². The maximum atomic E-state index is 12.7. The highest BCUT2D eigenvalue weighted by molar-refractivity contribution is 7.99. The van der Waals surface area contributed by atoms with Gasteiger partial charge in [0.2, 0.25) is 21.1 Å². The zero-order chi connectivity index (χ0) is 22.4. The fourth-order valence-corrected chi connectivity index (χ4v) is 5.85. The smallest absolute Gasteiger partial charge is 0.243 e. The average molecular weight is 495 g/mol. The first kappa shape index (κ1) is 22.9. The van der Waals surface area contributed by atoms with E-state index in [2.05, 4.69) is 20.8 Å². The Morgan fingerprint density at radius 3 is 2.69 bits per heavy atom. The molecule has 0 bridgehead atoms. The van der Waals surface area contributed by atoms with Crippen LogP contribution in [0.5, 0.6) is 0 Å². The summed E-state index contributed by atoms with van der Waals surface area (Å²) in [6.07, 6.45) is 0. The van der Waals surface area contributed by atoms with E-state index in [1.54, 1.807) is 40.3 Å². The van der Waals surface area contributed by atoms with Crippen LogP contribution < -0.4 is 5.32 Å². The van der Waals surface area contributed by atoms with E-state index in [1.165, 1.54) is 16.1 Å². The molecule has 1 aliphatic heterocycles. The lowest BCUT2D eigenvalue weighted by atomic mass is 10.2. The number of nitrogens with zero attached hydrogens (tertiary/aromatic N) is 5. The number of hydrogen-bond donors (Lipinski definition) is 1. The van der Waals surface area contributed by atoms with E-state index in [-0.39, 0.29) is 16.6 Å². The number of thioether (sulfide) groups is 1. The van der Waals surface area contributed by atoms with Crippen LogP contribution in [-0.2, 0) is 32.6 Å². The minimum absolute atomic E-state index is 0.161. The monoisotopic (exact) mass is 494 g/mol. The van der Waals surface area contributed by atoms with Crippen molar-refractivity contribution in [1.29, 1.82) is 0 Å². The average Bonchev–Trinajstić information content (AvgIpc) is 3.49. The number of morpholine rings is 1. The van der Waals surface area contributed by atoms with Gasteiger partial charge < -0.3 is 10.1 Å². The van der Waals surface area contributed by atoms with E-state index in [0.717, 1.165) is 10.4 Å². The minimum Gasteiger partial charge on any atom is -0.379 e. The number of tetrazole rings is 1. The topological polar surface area (TPSA) is 119 Å². The van der Waals surface area contributed by atoms with Crippen molar-refractivity contribution >= 4 is 39.0 Å². The summed E-state index contributed by atoms with van der Waals surface area (Å²) < 4.78 is 33.6. The number of rotatable bonds is 9. The summed E-state index contributed by atoms with van der Waals surface area (Å²) in [6, 6.07) is 10.5. The molecule has 1 N–H and O–H groups in total. The van der Waals surface area contributed by atoms with Crippen molar-refractivity contribution in [3.05, 3.63) is 52.2 Å². The predicted octanol–water partition coefficient (Wildman–Crippen LogP) is 1.21. The molecule has 10 nitrogen and oxygen atoms in total. The maximum Gasteiger partial charge on any atom is 0.243 e. The fraction of sp³-hybridized carbons (Fsp3) is 0.368. The molecule has 32 heavy (non-hydrogen) atoms. The first-order chi connectivity index (χ1) is 15.5. The van der Waals surface area contributed by atoms with E-state index in [0.29, 0.717) is 44.5 Å². The van der Waals surface area contributed by atoms with Crippen LogP contribution in [0.4, 0.5) is 0 Å². The summed E-state index contributed by atoms with van der Waals surface area (Å²) in [5.74, 6) is 0.0135. The third-order valence-corrected chi connectivity index (χ3v) is 8.47. The van der Waals surface area contributed by atoms with Crippen LogP contribution in [0, 0.1) is 0 Å². The van der Waals surface area contributed by atoms with Gasteiger partial charge in [-0.15, -0.1) is 16.4 Å². The van der Waals surface area contributed by atoms with Crippen molar-refractivity contribution in [3.8, 4) is 0 Å². The van der Waals surface area contributed by atoms with Crippen LogP contribution in [0.1, 0.15) is 10.4 Å². The molecule has 0 spiro atoms. The predicted molar refractivity (Wildman–Crippen MR) is 120 cm³/mol. The molecule has 0 unspecified atom stereocenters. The van der Waals surface area contributed by atoms with Gasteiger partial charge in [0.05, 0.1) is 30.4 Å². The van der Waals surface area contributed by atoms with Crippen LogP contribution >= 0.6 is 23.1 Å². The molecule has 3 heterocycles. The summed E-state index contributed by atoms with van der Waals surface area (Å²) in [5.41, 5.74) is 0.812. The van der Waals surface area contributed by atoms with Gasteiger partial charge in [0.15, 0.2) is 0 Å². The number of amides is 1. The minimum atomic E-state index is -3.52. The van der Waals surface area contributed by atoms with Gasteiger partial charge in [0.25, 0.3) is 0 Å². The van der Waals surface area contributed by atoms with Gasteiger partial charge >= 0.3 is 0 Å². The summed E-state index contributed by atoms with van der Waals surface area (Å²) in [6.45, 7) is 2.39. The van der Waals surface area contributed by atoms with Gasteiger partial charge in [0.1, 0.15) is 0 Å². The molecule has 0 atom stereocenters. The molecule has 1 aromatic carbocycles. The molecule has 170 valence electrons. The molecule has 1 amide bonds. The summed E-state index contributed by atoms with van der Waals surface area (Å²) in [4.78, 5) is 13.6. The number of hydrogen-bond acceptors (Lipinski definition) is 9. The van der Waals surface area contributed by atoms with E-state index in [9.17, 15) is 13.2 Å². The van der Waals surface area contributed by atoms with Crippen molar-refractivity contribution in [1.82, 2.24) is 29.8 Å². The number of thiophene rings is 1. The molecule has 1 saturated heterocycles. The van der Waals surface area contributed by atoms with Crippen LogP contribution in [-0.4, -0.2) is 70.9 Å². The van der Waals surface area contributed by atoms with Crippen molar-refractivity contribution in [2.45, 2.75) is 23.1 Å². The molecule has 1 aliphatic rings. The van der Waals surface area contributed by atoms with Crippen LogP contribution in [0.2, 0.25) is 0 Å². The van der Waals surface area contributed by atoms with Crippen molar-refractivity contribution in [3.63, 3.8) is 0 Å². The third kappa shape index (κ3) is 5.72. The molecule has 2 aromatic heterocycles. The standard InChI is InChI=1S/C19H22N6O4S3/c26-18(14-31-19-21-22-23-25(19)13-16-2-1-11-30-16)20-12-15-3-5-17(6-4-15)32(27,28)24-7-9-29-10-8-24/h1-6,11H,7-10,12-14H2,(H,20,26). The SMILES string of the molecule is O=C(CSc1nnnn1Cc1cccs1)NCc1ccc(S(=O)(=O)N2CCOCC2)cc1. The first-order valence-corrected chi connectivity index (χ1v) is 13.2. The maximum absolute atomic E-state index is 12.7. The Bertz CT molecular complexity index is 1130. The molecule has 1 fully saturated rings. The van der Waals surface area contributed by atoms with Crippen LogP contribution in [0.15, 0.2) is 51.8 Å². The van der Waals surface area contributed by atoms with Crippen LogP contribution in [0.3, 0.4) is 0 Å².